The van der Waals surface area contributed by atoms with Crippen LogP contribution in [0.5, 0.6) is 11.5 Å². The number of aromatic nitrogens is 2. The number of hydrogen-bond donors (Lipinski definition) is 0. The van der Waals surface area contributed by atoms with E-state index in [1.54, 1.807) is 48.7 Å². The molecule has 5 aromatic rings. The molecule has 0 saturated carbocycles. The van der Waals surface area contributed by atoms with Crippen LogP contribution in [0.1, 0.15) is 19.4 Å². The second-order valence-electron chi connectivity index (χ2n) is 7.68. The van der Waals surface area contributed by atoms with Gasteiger partial charge in [0.1, 0.15) is 5.58 Å². The van der Waals surface area contributed by atoms with Gasteiger partial charge in [-0.1, -0.05) is 23.7 Å². The van der Waals surface area contributed by atoms with Gasteiger partial charge in [0.2, 0.25) is 5.82 Å². The molecule has 0 aliphatic heterocycles. The number of ether oxygens (including phenoxy) is 2. The van der Waals surface area contributed by atoms with Crippen molar-refractivity contribution < 1.29 is 13.9 Å². The van der Waals surface area contributed by atoms with Crippen molar-refractivity contribution in [3.05, 3.63) is 87.7 Å². The van der Waals surface area contributed by atoms with E-state index >= 15 is 0 Å². The van der Waals surface area contributed by atoms with Crippen LogP contribution < -0.4 is 15.0 Å². The number of para-hydroxylation sites is 1. The largest absolute Gasteiger partial charge is 0.490 e. The summed E-state index contributed by atoms with van der Waals surface area (Å²) in [5.41, 5.74) is 1.61. The maximum Gasteiger partial charge on any atom is 0.282 e. The summed E-state index contributed by atoms with van der Waals surface area (Å²) in [7, 11) is 0. The van der Waals surface area contributed by atoms with Crippen LogP contribution in [-0.2, 0) is 0 Å². The summed E-state index contributed by atoms with van der Waals surface area (Å²) in [4.78, 5) is 18.1. The smallest absolute Gasteiger partial charge is 0.282 e. The lowest BCUT2D eigenvalue weighted by Crippen LogP contribution is -2.20. The monoisotopic (exact) mass is 487 g/mol. The van der Waals surface area contributed by atoms with Crippen molar-refractivity contribution in [2.75, 3.05) is 13.2 Å². The first-order valence-corrected chi connectivity index (χ1v) is 11.6. The molecule has 0 aliphatic rings. The van der Waals surface area contributed by atoms with Gasteiger partial charge in [0.05, 0.1) is 30.3 Å². The number of rotatable bonds is 7. The minimum atomic E-state index is -0.309. The van der Waals surface area contributed by atoms with Gasteiger partial charge in [-0.05, 0) is 74.0 Å². The van der Waals surface area contributed by atoms with Gasteiger partial charge in [-0.2, -0.15) is 9.78 Å². The molecule has 0 radical (unpaired) electrons. The minimum absolute atomic E-state index is 0.285. The Morgan fingerprint density at radius 3 is 2.63 bits per heavy atom. The van der Waals surface area contributed by atoms with Crippen LogP contribution in [0.2, 0.25) is 5.02 Å². The van der Waals surface area contributed by atoms with Crippen molar-refractivity contribution in [2.24, 2.45) is 5.10 Å². The Kier molecular flexibility index (Phi) is 6.25. The highest BCUT2D eigenvalue weighted by atomic mass is 35.5. The van der Waals surface area contributed by atoms with Crippen LogP contribution in [0.4, 0.5) is 0 Å². The summed E-state index contributed by atoms with van der Waals surface area (Å²) in [5, 5.41) is 6.35. The predicted octanol–water partition coefficient (Wildman–Crippen LogP) is 6.14. The molecule has 8 heteroatoms. The van der Waals surface area contributed by atoms with E-state index in [-0.39, 0.29) is 11.4 Å². The average molecular weight is 488 g/mol. The Hall–Kier alpha value is -4.10. The van der Waals surface area contributed by atoms with Crippen LogP contribution in [0, 0.1) is 0 Å². The molecule has 35 heavy (non-hydrogen) atoms. The van der Waals surface area contributed by atoms with E-state index in [1.807, 2.05) is 38.1 Å². The molecule has 0 bridgehead atoms. The highest BCUT2D eigenvalue weighted by molar-refractivity contribution is 6.31. The number of furan rings is 1. The molecule has 176 valence electrons. The van der Waals surface area contributed by atoms with Crippen LogP contribution in [-0.4, -0.2) is 29.1 Å². The minimum Gasteiger partial charge on any atom is -0.490 e. The molecule has 0 aliphatic carbocycles. The third-order valence-electron chi connectivity index (χ3n) is 5.34. The van der Waals surface area contributed by atoms with Gasteiger partial charge >= 0.3 is 0 Å². The van der Waals surface area contributed by atoms with Crippen molar-refractivity contribution in [2.45, 2.75) is 13.8 Å². The normalized spacial score (nSPS) is 11.5. The molecular weight excluding hydrogens is 466 g/mol. The summed E-state index contributed by atoms with van der Waals surface area (Å²) in [6, 6.07) is 19.8. The molecular formula is C27H22ClN3O4. The summed E-state index contributed by atoms with van der Waals surface area (Å²) < 4.78 is 18.6. The van der Waals surface area contributed by atoms with Crippen LogP contribution in [0.3, 0.4) is 0 Å². The molecule has 0 atom stereocenters. The molecule has 0 spiro atoms. The Labute approximate surface area is 206 Å². The van der Waals surface area contributed by atoms with E-state index in [0.717, 1.165) is 10.9 Å². The van der Waals surface area contributed by atoms with Crippen molar-refractivity contribution in [3.8, 4) is 23.1 Å². The summed E-state index contributed by atoms with van der Waals surface area (Å²) in [5.74, 6) is 1.95. The Balaban J connectivity index is 1.65. The Morgan fingerprint density at radius 2 is 1.80 bits per heavy atom. The highest BCUT2D eigenvalue weighted by Crippen LogP contribution is 2.30. The SMILES string of the molecule is CCOc1ccc(C=Nn2c(-c3cc4cc(Cl)ccc4o3)nc3ccccc3c2=O)cc1OCC. The van der Waals surface area contributed by atoms with E-state index in [2.05, 4.69) is 5.10 Å². The van der Waals surface area contributed by atoms with Gasteiger partial charge in [-0.3, -0.25) is 4.79 Å². The fraction of sp³-hybridized carbons (Fsp3) is 0.148. The second-order valence-corrected chi connectivity index (χ2v) is 8.12. The quantitative estimate of drug-likeness (QED) is 0.257. The first kappa shape index (κ1) is 22.7. The van der Waals surface area contributed by atoms with Crippen molar-refractivity contribution in [1.29, 1.82) is 0 Å². The van der Waals surface area contributed by atoms with E-state index in [1.165, 1.54) is 4.68 Å². The second kappa shape index (κ2) is 9.64. The maximum atomic E-state index is 13.4. The third kappa shape index (κ3) is 4.50. The maximum absolute atomic E-state index is 13.4. The lowest BCUT2D eigenvalue weighted by Gasteiger charge is -2.11. The van der Waals surface area contributed by atoms with E-state index in [9.17, 15) is 4.79 Å². The van der Waals surface area contributed by atoms with Gasteiger partial charge in [0.15, 0.2) is 17.3 Å². The average Bonchev–Trinajstić information content (AvgIpc) is 3.28. The van der Waals surface area contributed by atoms with Crippen molar-refractivity contribution in [1.82, 2.24) is 9.66 Å². The Morgan fingerprint density at radius 1 is 1.00 bits per heavy atom. The zero-order chi connectivity index (χ0) is 24.4. The van der Waals surface area contributed by atoms with Gasteiger partial charge in [0, 0.05) is 10.4 Å². The summed E-state index contributed by atoms with van der Waals surface area (Å²) >= 11 is 6.14. The predicted molar refractivity (Wildman–Crippen MR) is 138 cm³/mol. The molecule has 0 amide bonds. The van der Waals surface area contributed by atoms with E-state index in [4.69, 9.17) is 30.5 Å². The van der Waals surface area contributed by atoms with Crippen LogP contribution in [0.25, 0.3) is 33.5 Å². The van der Waals surface area contributed by atoms with Gasteiger partial charge in [-0.15, -0.1) is 0 Å². The lowest BCUT2D eigenvalue weighted by atomic mass is 10.2. The van der Waals surface area contributed by atoms with E-state index in [0.29, 0.717) is 52.0 Å². The molecule has 2 aromatic heterocycles. The van der Waals surface area contributed by atoms with Gasteiger partial charge < -0.3 is 13.9 Å². The molecule has 7 nitrogen and oxygen atoms in total. The summed E-state index contributed by atoms with van der Waals surface area (Å²) in [6.07, 6.45) is 1.58. The van der Waals surface area contributed by atoms with Gasteiger partial charge in [-0.25, -0.2) is 4.98 Å². The zero-order valence-electron chi connectivity index (χ0n) is 19.2. The Bertz CT molecular complexity index is 1620. The van der Waals surface area contributed by atoms with Gasteiger partial charge in [0.25, 0.3) is 5.56 Å². The molecule has 0 saturated heterocycles. The molecule has 3 aromatic carbocycles. The van der Waals surface area contributed by atoms with Crippen LogP contribution in [0.15, 0.2) is 81.0 Å². The first-order valence-electron chi connectivity index (χ1n) is 11.2. The molecule has 5 rings (SSSR count). The summed E-state index contributed by atoms with van der Waals surface area (Å²) in [6.45, 7) is 4.84. The third-order valence-corrected chi connectivity index (χ3v) is 5.58. The topological polar surface area (TPSA) is 78.9 Å². The number of hydrogen-bond acceptors (Lipinski definition) is 6. The standard InChI is InChI=1S/C27H22ClN3O4/c1-3-33-23-11-9-17(13-24(23)34-4-2)16-29-31-26(30-21-8-6-5-7-20(21)27(31)32)25-15-18-14-19(28)10-12-22(18)35-25/h5-16H,3-4H2,1-2H3. The number of nitrogens with zero attached hydrogens (tertiary/aromatic N) is 3. The molecule has 0 fully saturated rings. The lowest BCUT2D eigenvalue weighted by molar-refractivity contribution is 0.288. The molecule has 2 heterocycles. The first-order chi connectivity index (χ1) is 17.1. The van der Waals surface area contributed by atoms with Crippen molar-refractivity contribution >= 4 is 39.7 Å². The highest BCUT2D eigenvalue weighted by Gasteiger charge is 2.16. The fourth-order valence-electron chi connectivity index (χ4n) is 3.79. The molecule has 0 unspecified atom stereocenters. The van der Waals surface area contributed by atoms with Crippen molar-refractivity contribution in [3.63, 3.8) is 0 Å². The number of benzene rings is 3. The number of halogens is 1. The molecule has 0 N–H and O–H groups in total. The van der Waals surface area contributed by atoms with E-state index < -0.39 is 0 Å². The fourth-order valence-corrected chi connectivity index (χ4v) is 3.97. The zero-order valence-corrected chi connectivity index (χ0v) is 20.0. The number of fused-ring (bicyclic) bond motifs is 2. The van der Waals surface area contributed by atoms with Crippen LogP contribution >= 0.6 is 11.6 Å².